The van der Waals surface area contributed by atoms with Crippen molar-refractivity contribution in [3.63, 3.8) is 0 Å². The SMILES string of the molecule is Cc1cncc(N2CCC[C@@H](NC(=O)[C@H]3O[C@@H]3c3nc4ccccc4[nH]3)C2)c1. The molecular weight excluding hydrogens is 354 g/mol. The number of pyridine rings is 1. The molecule has 2 saturated heterocycles. The van der Waals surface area contributed by atoms with Crippen molar-refractivity contribution in [2.75, 3.05) is 18.0 Å². The second-order valence-electron chi connectivity index (χ2n) is 7.63. The summed E-state index contributed by atoms with van der Waals surface area (Å²) >= 11 is 0. The van der Waals surface area contributed by atoms with Crippen LogP contribution in [0.25, 0.3) is 11.0 Å². The molecule has 0 aliphatic carbocycles. The van der Waals surface area contributed by atoms with Gasteiger partial charge in [0.15, 0.2) is 12.2 Å². The maximum Gasteiger partial charge on any atom is 0.252 e. The first-order valence-corrected chi connectivity index (χ1v) is 9.74. The molecule has 2 fully saturated rings. The number of fused-ring (bicyclic) bond motifs is 1. The molecular formula is C21H23N5O2. The quantitative estimate of drug-likeness (QED) is 0.682. The summed E-state index contributed by atoms with van der Waals surface area (Å²) in [6.45, 7) is 3.82. The number of imidazole rings is 1. The number of ether oxygens (including phenoxy) is 1. The van der Waals surface area contributed by atoms with E-state index in [0.29, 0.717) is 0 Å². The monoisotopic (exact) mass is 377 g/mol. The lowest BCUT2D eigenvalue weighted by Crippen LogP contribution is -2.49. The van der Waals surface area contributed by atoms with Crippen LogP contribution in [0.2, 0.25) is 0 Å². The van der Waals surface area contributed by atoms with Crippen LogP contribution in [0.4, 0.5) is 5.69 Å². The van der Waals surface area contributed by atoms with Crippen LogP contribution >= 0.6 is 0 Å². The van der Waals surface area contributed by atoms with Gasteiger partial charge in [0.25, 0.3) is 5.91 Å². The minimum atomic E-state index is -0.462. The molecule has 1 amide bonds. The van der Waals surface area contributed by atoms with E-state index in [9.17, 15) is 4.79 Å². The summed E-state index contributed by atoms with van der Waals surface area (Å²) in [6.07, 6.45) is 5.01. The Morgan fingerprint density at radius 2 is 2.21 bits per heavy atom. The van der Waals surface area contributed by atoms with Gasteiger partial charge in [0.05, 0.1) is 22.9 Å². The fraction of sp³-hybridized carbons (Fsp3) is 0.381. The molecule has 0 saturated carbocycles. The Balaban J connectivity index is 1.21. The van der Waals surface area contributed by atoms with Gasteiger partial charge in [0.1, 0.15) is 5.82 Å². The Morgan fingerprint density at radius 3 is 3.07 bits per heavy atom. The molecule has 28 heavy (non-hydrogen) atoms. The molecule has 2 aromatic heterocycles. The Bertz CT molecular complexity index is 984. The summed E-state index contributed by atoms with van der Waals surface area (Å²) in [5.74, 6) is 0.664. The maximum atomic E-state index is 12.7. The van der Waals surface area contributed by atoms with Crippen LogP contribution in [0.15, 0.2) is 42.7 Å². The van der Waals surface area contributed by atoms with Crippen LogP contribution in [0.1, 0.15) is 30.3 Å². The Kier molecular flexibility index (Phi) is 4.24. The van der Waals surface area contributed by atoms with Gasteiger partial charge in [0, 0.05) is 25.3 Å². The zero-order chi connectivity index (χ0) is 19.1. The number of carbonyl (C=O) groups excluding carboxylic acids is 1. The average Bonchev–Trinajstić information content (AvgIpc) is 3.40. The molecule has 3 atom stereocenters. The number of nitrogens with one attached hydrogen (secondary N) is 2. The summed E-state index contributed by atoms with van der Waals surface area (Å²) < 4.78 is 5.63. The third-order valence-electron chi connectivity index (χ3n) is 5.42. The van der Waals surface area contributed by atoms with Gasteiger partial charge in [-0.1, -0.05) is 12.1 Å². The van der Waals surface area contributed by atoms with Crippen LogP contribution in [0.5, 0.6) is 0 Å². The van der Waals surface area contributed by atoms with Gasteiger partial charge >= 0.3 is 0 Å². The lowest BCUT2D eigenvalue weighted by atomic mass is 10.0. The van der Waals surface area contributed by atoms with Crippen molar-refractivity contribution in [3.05, 3.63) is 54.1 Å². The first-order valence-electron chi connectivity index (χ1n) is 9.74. The molecule has 0 unspecified atom stereocenters. The summed E-state index contributed by atoms with van der Waals surface area (Å²) in [5.41, 5.74) is 4.11. The number of piperidine rings is 1. The third-order valence-corrected chi connectivity index (χ3v) is 5.42. The van der Waals surface area contributed by atoms with Gasteiger partial charge in [-0.25, -0.2) is 4.98 Å². The van der Waals surface area contributed by atoms with Gasteiger partial charge in [-0.15, -0.1) is 0 Å². The van der Waals surface area contributed by atoms with Gasteiger partial charge in [0.2, 0.25) is 0 Å². The van der Waals surface area contributed by atoms with Crippen LogP contribution in [0.3, 0.4) is 0 Å². The first kappa shape index (κ1) is 17.2. The van der Waals surface area contributed by atoms with E-state index in [4.69, 9.17) is 4.74 Å². The van der Waals surface area contributed by atoms with Crippen LogP contribution in [-0.4, -0.2) is 46.1 Å². The number of H-pyrrole nitrogens is 1. The number of carbonyl (C=O) groups is 1. The Labute approximate surface area is 163 Å². The highest BCUT2D eigenvalue weighted by Crippen LogP contribution is 2.38. The number of hydrogen-bond acceptors (Lipinski definition) is 5. The van der Waals surface area contributed by atoms with Crippen molar-refractivity contribution in [1.82, 2.24) is 20.3 Å². The van der Waals surface area contributed by atoms with Crippen molar-refractivity contribution < 1.29 is 9.53 Å². The normalized spacial score (nSPS) is 24.3. The molecule has 0 spiro atoms. The van der Waals surface area contributed by atoms with E-state index < -0.39 is 6.10 Å². The number of para-hydroxylation sites is 2. The van der Waals surface area contributed by atoms with Crippen molar-refractivity contribution in [2.45, 2.75) is 38.0 Å². The molecule has 2 N–H and O–H groups in total. The van der Waals surface area contributed by atoms with Crippen molar-refractivity contribution in [3.8, 4) is 0 Å². The van der Waals surface area contributed by atoms with E-state index in [1.54, 1.807) is 0 Å². The molecule has 144 valence electrons. The van der Waals surface area contributed by atoms with Gasteiger partial charge < -0.3 is 19.9 Å². The largest absolute Gasteiger partial charge is 0.368 e. The molecule has 7 heteroatoms. The molecule has 0 radical (unpaired) electrons. The van der Waals surface area contributed by atoms with Crippen LogP contribution < -0.4 is 10.2 Å². The van der Waals surface area contributed by atoms with Gasteiger partial charge in [-0.2, -0.15) is 0 Å². The highest BCUT2D eigenvalue weighted by atomic mass is 16.6. The number of rotatable bonds is 4. The first-order chi connectivity index (χ1) is 13.7. The Morgan fingerprint density at radius 1 is 1.32 bits per heavy atom. The molecule has 2 aliphatic heterocycles. The predicted octanol–water partition coefficient (Wildman–Crippen LogP) is 2.49. The summed E-state index contributed by atoms with van der Waals surface area (Å²) in [7, 11) is 0. The second kappa shape index (κ2) is 6.91. The van der Waals surface area contributed by atoms with E-state index in [-0.39, 0.29) is 18.1 Å². The number of aryl methyl sites for hydroxylation is 1. The third kappa shape index (κ3) is 3.33. The zero-order valence-electron chi connectivity index (χ0n) is 15.8. The maximum absolute atomic E-state index is 12.7. The standard InChI is InChI=1S/C21H23N5O2/c1-13-9-15(11-22-10-13)26-8-4-5-14(12-26)23-21(27)19-18(28-19)20-24-16-6-2-3-7-17(16)25-20/h2-3,6-7,9-11,14,18-19H,4-5,8,12H2,1H3,(H,23,27)(H,24,25)/t14-,18+,19+/m1/s1. The molecule has 1 aromatic carbocycles. The number of amides is 1. The van der Waals surface area contributed by atoms with Crippen LogP contribution in [0, 0.1) is 6.92 Å². The molecule has 7 nitrogen and oxygen atoms in total. The van der Waals surface area contributed by atoms with E-state index in [0.717, 1.165) is 54.0 Å². The van der Waals surface area contributed by atoms with E-state index in [1.165, 1.54) is 0 Å². The van der Waals surface area contributed by atoms with Crippen LogP contribution in [-0.2, 0) is 9.53 Å². The van der Waals surface area contributed by atoms with Gasteiger partial charge in [-0.05, 0) is 43.5 Å². The molecule has 3 aromatic rings. The number of epoxide rings is 1. The predicted molar refractivity (Wildman–Crippen MR) is 106 cm³/mol. The minimum Gasteiger partial charge on any atom is -0.368 e. The number of aromatic amines is 1. The topological polar surface area (TPSA) is 86.4 Å². The zero-order valence-corrected chi connectivity index (χ0v) is 15.8. The fourth-order valence-corrected chi connectivity index (χ4v) is 3.95. The minimum absolute atomic E-state index is 0.0559. The summed E-state index contributed by atoms with van der Waals surface area (Å²) in [6, 6.07) is 10.1. The number of anilines is 1. The van der Waals surface area contributed by atoms with Crippen molar-refractivity contribution >= 4 is 22.6 Å². The van der Waals surface area contributed by atoms with E-state index in [2.05, 4.69) is 31.2 Å². The highest BCUT2D eigenvalue weighted by Gasteiger charge is 2.48. The van der Waals surface area contributed by atoms with Gasteiger partial charge in [-0.3, -0.25) is 9.78 Å². The van der Waals surface area contributed by atoms with E-state index >= 15 is 0 Å². The number of hydrogen-bond donors (Lipinski definition) is 2. The molecule has 5 rings (SSSR count). The summed E-state index contributed by atoms with van der Waals surface area (Å²) in [4.78, 5) is 27.0. The second-order valence-corrected chi connectivity index (χ2v) is 7.63. The van der Waals surface area contributed by atoms with Crippen molar-refractivity contribution in [1.29, 1.82) is 0 Å². The lowest BCUT2D eigenvalue weighted by molar-refractivity contribution is -0.123. The number of nitrogens with zero attached hydrogens (tertiary/aromatic N) is 3. The van der Waals surface area contributed by atoms with E-state index in [1.807, 2.05) is 43.6 Å². The number of aromatic nitrogens is 3. The lowest BCUT2D eigenvalue weighted by Gasteiger charge is -2.34. The molecule has 2 aliphatic rings. The fourth-order valence-electron chi connectivity index (χ4n) is 3.95. The molecule has 0 bridgehead atoms. The average molecular weight is 377 g/mol. The van der Waals surface area contributed by atoms with Crippen molar-refractivity contribution in [2.24, 2.45) is 0 Å². The highest BCUT2D eigenvalue weighted by molar-refractivity contribution is 5.84. The summed E-state index contributed by atoms with van der Waals surface area (Å²) in [5, 5.41) is 3.16. The number of benzene rings is 1. The smallest absolute Gasteiger partial charge is 0.252 e. The Hall–Kier alpha value is -2.93. The molecule has 4 heterocycles.